The van der Waals surface area contributed by atoms with Crippen molar-refractivity contribution in [1.82, 2.24) is 20.0 Å². The van der Waals surface area contributed by atoms with Gasteiger partial charge in [-0.2, -0.15) is 5.10 Å². The number of hydrogen-bond donors (Lipinski definition) is 2. The van der Waals surface area contributed by atoms with Gasteiger partial charge in [-0.1, -0.05) is 28.1 Å². The van der Waals surface area contributed by atoms with Gasteiger partial charge < -0.3 is 15.5 Å². The zero-order chi connectivity index (χ0) is 20.4. The Bertz CT molecular complexity index is 1050. The van der Waals surface area contributed by atoms with Gasteiger partial charge in [-0.25, -0.2) is 0 Å². The van der Waals surface area contributed by atoms with Gasteiger partial charge in [0.1, 0.15) is 6.04 Å². The number of H-pyrrole nitrogens is 1. The summed E-state index contributed by atoms with van der Waals surface area (Å²) in [6.45, 7) is 2.16. The van der Waals surface area contributed by atoms with Crippen LogP contribution in [0.15, 0.2) is 53.1 Å². The van der Waals surface area contributed by atoms with Crippen LogP contribution in [0.1, 0.15) is 28.4 Å². The molecule has 150 valence electrons. The molecule has 3 aromatic rings. The molecular weight excluding hydrogens is 434 g/mol. The molecule has 1 atom stereocenters. The molecule has 7 nitrogen and oxygen atoms in total. The Kier molecular flexibility index (Phi) is 5.64. The van der Waals surface area contributed by atoms with Gasteiger partial charge in [0.2, 0.25) is 5.91 Å². The fourth-order valence-corrected chi connectivity index (χ4v) is 4.06. The molecule has 1 unspecified atom stereocenters. The zero-order valence-corrected chi connectivity index (χ0v) is 17.4. The number of benzene rings is 2. The van der Waals surface area contributed by atoms with Crippen LogP contribution in [0.3, 0.4) is 0 Å². The third-order valence-electron chi connectivity index (χ3n) is 5.26. The molecule has 8 heteroatoms. The van der Waals surface area contributed by atoms with E-state index < -0.39 is 6.04 Å². The van der Waals surface area contributed by atoms with Gasteiger partial charge >= 0.3 is 0 Å². The molecule has 0 radical (unpaired) electrons. The number of aromatic amines is 1. The molecule has 29 heavy (non-hydrogen) atoms. The summed E-state index contributed by atoms with van der Waals surface area (Å²) in [6.07, 6.45) is 2.43. The molecule has 0 bridgehead atoms. The lowest BCUT2D eigenvalue weighted by Crippen LogP contribution is -2.41. The average molecular weight is 456 g/mol. The molecule has 0 spiro atoms. The van der Waals surface area contributed by atoms with Crippen LogP contribution in [0.4, 0.5) is 0 Å². The first-order chi connectivity index (χ1) is 14.0. The van der Waals surface area contributed by atoms with E-state index in [1.807, 2.05) is 36.4 Å². The maximum Gasteiger partial charge on any atom is 0.253 e. The van der Waals surface area contributed by atoms with E-state index in [1.165, 1.54) is 0 Å². The smallest absolute Gasteiger partial charge is 0.253 e. The van der Waals surface area contributed by atoms with Crippen molar-refractivity contribution in [2.45, 2.75) is 12.5 Å². The van der Waals surface area contributed by atoms with Crippen LogP contribution in [0, 0.1) is 0 Å². The Morgan fingerprint density at radius 1 is 1.07 bits per heavy atom. The maximum absolute atomic E-state index is 12.9. The molecule has 2 aromatic carbocycles. The van der Waals surface area contributed by atoms with Crippen molar-refractivity contribution in [3.8, 4) is 0 Å². The number of carbonyl (C=O) groups excluding carboxylic acids is 2. The van der Waals surface area contributed by atoms with Crippen LogP contribution in [0.2, 0.25) is 0 Å². The lowest BCUT2D eigenvalue weighted by Gasteiger charge is -2.25. The number of amides is 2. The number of nitrogens with zero attached hydrogens (tertiary/aromatic N) is 3. The maximum atomic E-state index is 12.9. The molecule has 4 rings (SSSR count). The van der Waals surface area contributed by atoms with Crippen LogP contribution in [-0.2, 0) is 4.79 Å². The minimum atomic E-state index is -0.710. The Labute approximate surface area is 177 Å². The first-order valence-electron chi connectivity index (χ1n) is 9.55. The number of nitrogens with two attached hydrogens (primary N) is 1. The highest BCUT2D eigenvalue weighted by Gasteiger charge is 2.26. The molecule has 2 amide bonds. The predicted molar refractivity (Wildman–Crippen MR) is 114 cm³/mol. The normalized spacial score (nSPS) is 15.9. The van der Waals surface area contributed by atoms with Gasteiger partial charge in [-0.05, 0) is 42.3 Å². The van der Waals surface area contributed by atoms with E-state index in [4.69, 9.17) is 5.73 Å². The minimum Gasteiger partial charge on any atom is -0.339 e. The van der Waals surface area contributed by atoms with Gasteiger partial charge in [0.25, 0.3) is 5.91 Å². The summed E-state index contributed by atoms with van der Waals surface area (Å²) in [5.41, 5.74) is 8.52. The molecule has 1 fully saturated rings. The van der Waals surface area contributed by atoms with Crippen molar-refractivity contribution >= 4 is 38.6 Å². The largest absolute Gasteiger partial charge is 0.339 e. The van der Waals surface area contributed by atoms with Crippen molar-refractivity contribution < 1.29 is 9.59 Å². The van der Waals surface area contributed by atoms with Crippen LogP contribution < -0.4 is 5.73 Å². The average Bonchev–Trinajstić information content (AvgIpc) is 3.07. The summed E-state index contributed by atoms with van der Waals surface area (Å²) >= 11 is 3.42. The number of fused-ring (bicyclic) bond motifs is 1. The van der Waals surface area contributed by atoms with Crippen molar-refractivity contribution in [2.75, 3.05) is 26.2 Å². The molecule has 3 N–H and O–H groups in total. The van der Waals surface area contributed by atoms with Crippen LogP contribution in [0.5, 0.6) is 0 Å². The van der Waals surface area contributed by atoms with E-state index >= 15 is 0 Å². The highest BCUT2D eigenvalue weighted by molar-refractivity contribution is 9.10. The fourth-order valence-electron chi connectivity index (χ4n) is 3.64. The van der Waals surface area contributed by atoms with E-state index in [2.05, 4.69) is 26.1 Å². The lowest BCUT2D eigenvalue weighted by atomic mass is 10.1. The summed E-state index contributed by atoms with van der Waals surface area (Å²) in [6, 6.07) is 12.3. The molecular formula is C21H22BrN5O2. The fraction of sp³-hybridized carbons (Fsp3) is 0.286. The first-order valence-corrected chi connectivity index (χ1v) is 10.3. The highest BCUT2D eigenvalue weighted by atomic mass is 79.9. The number of nitrogens with one attached hydrogen (secondary N) is 1. The van der Waals surface area contributed by atoms with Crippen molar-refractivity contribution in [1.29, 1.82) is 0 Å². The van der Waals surface area contributed by atoms with E-state index in [-0.39, 0.29) is 11.8 Å². The topological polar surface area (TPSA) is 95.3 Å². The van der Waals surface area contributed by atoms with Gasteiger partial charge in [-0.3, -0.25) is 14.7 Å². The molecule has 1 aromatic heterocycles. The number of hydrogen-bond acceptors (Lipinski definition) is 4. The zero-order valence-electron chi connectivity index (χ0n) is 15.8. The summed E-state index contributed by atoms with van der Waals surface area (Å²) in [4.78, 5) is 29.4. The Morgan fingerprint density at radius 3 is 2.69 bits per heavy atom. The third-order valence-corrected chi connectivity index (χ3v) is 5.75. The Hall–Kier alpha value is -2.71. The van der Waals surface area contributed by atoms with E-state index in [1.54, 1.807) is 22.1 Å². The molecule has 0 saturated carbocycles. The predicted octanol–water partition coefficient (Wildman–Crippen LogP) is 2.70. The second-order valence-corrected chi connectivity index (χ2v) is 8.09. The number of aromatic nitrogens is 2. The number of carbonyl (C=O) groups is 2. The van der Waals surface area contributed by atoms with Crippen LogP contribution in [0.25, 0.3) is 10.9 Å². The molecule has 1 aliphatic heterocycles. The molecule has 2 heterocycles. The number of halogens is 1. The standard InChI is InChI=1S/C21H22BrN5O2/c22-17-4-1-3-14(12-17)19(23)21(29)27-8-2-7-26(9-10-27)20(28)15-5-6-18-16(11-15)13-24-25-18/h1,3-6,11-13,19H,2,7-10,23H2,(H,24,25). The summed E-state index contributed by atoms with van der Waals surface area (Å²) in [7, 11) is 0. The molecule has 0 aliphatic carbocycles. The first kappa shape index (κ1) is 19.6. The van der Waals surface area contributed by atoms with E-state index in [9.17, 15) is 9.59 Å². The number of rotatable bonds is 3. The molecule has 1 saturated heterocycles. The lowest BCUT2D eigenvalue weighted by molar-refractivity contribution is -0.132. The second kappa shape index (κ2) is 8.34. The van der Waals surface area contributed by atoms with Gasteiger partial charge in [0.15, 0.2) is 0 Å². The SMILES string of the molecule is NC(C(=O)N1CCCN(C(=O)c2ccc3[nH]ncc3c2)CC1)c1cccc(Br)c1. The third kappa shape index (κ3) is 4.18. The van der Waals surface area contributed by atoms with Gasteiger partial charge in [-0.15, -0.1) is 0 Å². The van der Waals surface area contributed by atoms with Crippen LogP contribution in [-0.4, -0.2) is 58.0 Å². The van der Waals surface area contributed by atoms with Crippen LogP contribution >= 0.6 is 15.9 Å². The minimum absolute atomic E-state index is 0.0290. The van der Waals surface area contributed by atoms with Gasteiger partial charge in [0.05, 0.1) is 11.7 Å². The molecule has 1 aliphatic rings. The summed E-state index contributed by atoms with van der Waals surface area (Å²) in [5, 5.41) is 7.79. The highest BCUT2D eigenvalue weighted by Crippen LogP contribution is 2.20. The quantitative estimate of drug-likeness (QED) is 0.634. The Morgan fingerprint density at radius 2 is 1.86 bits per heavy atom. The van der Waals surface area contributed by atoms with E-state index in [0.29, 0.717) is 31.7 Å². The van der Waals surface area contributed by atoms with Crippen molar-refractivity contribution in [2.24, 2.45) is 5.73 Å². The summed E-state index contributed by atoms with van der Waals surface area (Å²) in [5.74, 6) is -0.143. The van der Waals surface area contributed by atoms with E-state index in [0.717, 1.165) is 27.4 Å². The second-order valence-electron chi connectivity index (χ2n) is 7.18. The summed E-state index contributed by atoms with van der Waals surface area (Å²) < 4.78 is 0.889. The Balaban J connectivity index is 1.43. The monoisotopic (exact) mass is 455 g/mol. The van der Waals surface area contributed by atoms with Gasteiger partial charge in [0, 0.05) is 41.6 Å². The van der Waals surface area contributed by atoms with Crippen molar-refractivity contribution in [3.63, 3.8) is 0 Å². The van der Waals surface area contributed by atoms with Crippen molar-refractivity contribution in [3.05, 3.63) is 64.3 Å².